The lowest BCUT2D eigenvalue weighted by atomic mass is 9.86. The summed E-state index contributed by atoms with van der Waals surface area (Å²) < 4.78 is 5.40. The van der Waals surface area contributed by atoms with Crippen molar-refractivity contribution >= 4 is 11.0 Å². The van der Waals surface area contributed by atoms with E-state index >= 15 is 0 Å². The van der Waals surface area contributed by atoms with Crippen molar-refractivity contribution in [2.75, 3.05) is 13.2 Å². The number of nitriles is 1. The van der Waals surface area contributed by atoms with Crippen LogP contribution in [0.1, 0.15) is 44.0 Å². The van der Waals surface area contributed by atoms with Gasteiger partial charge in [-0.3, -0.25) is 0 Å². The molecule has 2 heterocycles. The lowest BCUT2D eigenvalue weighted by Gasteiger charge is -2.19. The van der Waals surface area contributed by atoms with Crippen LogP contribution in [-0.4, -0.2) is 23.2 Å². The Bertz CT molecular complexity index is 660. The number of H-pyrrole nitrogens is 1. The second-order valence-corrected chi connectivity index (χ2v) is 5.98. The highest BCUT2D eigenvalue weighted by molar-refractivity contribution is 5.76. The Balaban J connectivity index is 1.97. The van der Waals surface area contributed by atoms with E-state index in [-0.39, 0.29) is 0 Å². The third-order valence-electron chi connectivity index (χ3n) is 4.11. The minimum absolute atomic E-state index is 0.462. The van der Waals surface area contributed by atoms with Gasteiger partial charge in [0, 0.05) is 19.1 Å². The fourth-order valence-electron chi connectivity index (χ4n) is 2.65. The van der Waals surface area contributed by atoms with Crippen LogP contribution in [0.25, 0.3) is 11.0 Å². The number of imidazole rings is 1. The molecule has 0 spiro atoms. The van der Waals surface area contributed by atoms with Crippen molar-refractivity contribution < 1.29 is 4.74 Å². The number of fused-ring (bicyclic) bond motifs is 1. The average molecular weight is 269 g/mol. The van der Waals surface area contributed by atoms with Gasteiger partial charge in [0.15, 0.2) is 0 Å². The summed E-state index contributed by atoms with van der Waals surface area (Å²) in [6, 6.07) is 8.39. The first kappa shape index (κ1) is 13.1. The van der Waals surface area contributed by atoms with Gasteiger partial charge in [-0.15, -0.1) is 0 Å². The van der Waals surface area contributed by atoms with Crippen molar-refractivity contribution in [3.63, 3.8) is 0 Å². The minimum Gasteiger partial charge on any atom is -0.381 e. The molecule has 0 unspecified atom stereocenters. The summed E-state index contributed by atoms with van der Waals surface area (Å²) in [5.41, 5.74) is 2.55. The molecule has 0 saturated carbocycles. The quantitative estimate of drug-likeness (QED) is 0.910. The third-order valence-corrected chi connectivity index (χ3v) is 4.11. The number of hydrogen-bond donors (Lipinski definition) is 1. The topological polar surface area (TPSA) is 61.7 Å². The monoisotopic (exact) mass is 269 g/mol. The normalized spacial score (nSPS) is 17.2. The van der Waals surface area contributed by atoms with Crippen molar-refractivity contribution in [1.82, 2.24) is 9.97 Å². The molecule has 20 heavy (non-hydrogen) atoms. The fraction of sp³-hybridized carbons (Fsp3) is 0.500. The van der Waals surface area contributed by atoms with Gasteiger partial charge >= 0.3 is 0 Å². The molecule has 1 saturated heterocycles. The SMILES string of the molecule is CC(C)(C#N)c1ccc2nc(C3CCOCC3)[nH]c2c1. The van der Waals surface area contributed by atoms with Crippen LogP contribution in [0.5, 0.6) is 0 Å². The zero-order valence-electron chi connectivity index (χ0n) is 11.9. The van der Waals surface area contributed by atoms with E-state index in [1.807, 2.05) is 32.0 Å². The second-order valence-electron chi connectivity index (χ2n) is 5.98. The average Bonchev–Trinajstić information content (AvgIpc) is 2.91. The summed E-state index contributed by atoms with van der Waals surface area (Å²) in [5, 5.41) is 9.24. The molecule has 3 rings (SSSR count). The number of aromatic amines is 1. The van der Waals surface area contributed by atoms with Gasteiger partial charge in [-0.2, -0.15) is 5.26 Å². The zero-order valence-corrected chi connectivity index (χ0v) is 11.9. The molecular formula is C16H19N3O. The smallest absolute Gasteiger partial charge is 0.110 e. The third kappa shape index (κ3) is 2.30. The van der Waals surface area contributed by atoms with E-state index in [1.54, 1.807) is 0 Å². The van der Waals surface area contributed by atoms with Crippen LogP contribution < -0.4 is 0 Å². The number of aromatic nitrogens is 2. The minimum atomic E-state index is -0.474. The first-order valence-corrected chi connectivity index (χ1v) is 7.09. The van der Waals surface area contributed by atoms with Crippen molar-refractivity contribution in [2.45, 2.75) is 38.0 Å². The van der Waals surface area contributed by atoms with E-state index in [9.17, 15) is 5.26 Å². The molecule has 4 nitrogen and oxygen atoms in total. The summed E-state index contributed by atoms with van der Waals surface area (Å²) in [7, 11) is 0. The molecule has 2 aromatic rings. The number of benzene rings is 1. The van der Waals surface area contributed by atoms with Crippen molar-refractivity contribution in [3.05, 3.63) is 29.6 Å². The van der Waals surface area contributed by atoms with E-state index in [0.29, 0.717) is 5.92 Å². The Kier molecular flexibility index (Phi) is 3.23. The number of rotatable bonds is 2. The fourth-order valence-corrected chi connectivity index (χ4v) is 2.65. The molecular weight excluding hydrogens is 250 g/mol. The number of nitrogens with one attached hydrogen (secondary N) is 1. The highest BCUT2D eigenvalue weighted by Gasteiger charge is 2.22. The van der Waals surface area contributed by atoms with Crippen LogP contribution in [0, 0.1) is 11.3 Å². The first-order valence-electron chi connectivity index (χ1n) is 7.09. The lowest BCUT2D eigenvalue weighted by Crippen LogP contribution is -2.15. The molecule has 0 aliphatic carbocycles. The van der Waals surface area contributed by atoms with Gasteiger partial charge in [0.25, 0.3) is 0 Å². The molecule has 1 aromatic carbocycles. The van der Waals surface area contributed by atoms with Crippen LogP contribution in [0.2, 0.25) is 0 Å². The molecule has 0 amide bonds. The van der Waals surface area contributed by atoms with Crippen molar-refractivity contribution in [3.8, 4) is 6.07 Å². The molecule has 1 aliphatic heterocycles. The predicted octanol–water partition coefficient (Wildman–Crippen LogP) is 3.26. The van der Waals surface area contributed by atoms with Gasteiger partial charge in [-0.1, -0.05) is 6.07 Å². The van der Waals surface area contributed by atoms with Crippen LogP contribution in [-0.2, 0) is 10.2 Å². The van der Waals surface area contributed by atoms with Gasteiger partial charge < -0.3 is 9.72 Å². The summed E-state index contributed by atoms with van der Waals surface area (Å²) in [4.78, 5) is 8.12. The molecule has 1 fully saturated rings. The predicted molar refractivity (Wildman–Crippen MR) is 77.5 cm³/mol. The van der Waals surface area contributed by atoms with E-state index in [2.05, 4.69) is 11.1 Å². The van der Waals surface area contributed by atoms with Crippen LogP contribution in [0.3, 0.4) is 0 Å². The van der Waals surface area contributed by atoms with Crippen molar-refractivity contribution in [2.24, 2.45) is 0 Å². The van der Waals surface area contributed by atoms with Crippen LogP contribution in [0.15, 0.2) is 18.2 Å². The van der Waals surface area contributed by atoms with Gasteiger partial charge in [-0.05, 0) is 44.4 Å². The molecule has 1 aliphatic rings. The highest BCUT2D eigenvalue weighted by atomic mass is 16.5. The Morgan fingerprint density at radius 2 is 2.10 bits per heavy atom. The van der Waals surface area contributed by atoms with E-state index in [4.69, 9.17) is 9.72 Å². The summed E-state index contributed by atoms with van der Waals surface area (Å²) in [6.07, 6.45) is 2.05. The van der Waals surface area contributed by atoms with E-state index < -0.39 is 5.41 Å². The van der Waals surface area contributed by atoms with E-state index in [1.165, 1.54) is 0 Å². The molecule has 0 bridgehead atoms. The van der Waals surface area contributed by atoms with Crippen molar-refractivity contribution in [1.29, 1.82) is 5.26 Å². The first-order chi connectivity index (χ1) is 9.60. The van der Waals surface area contributed by atoms with Gasteiger partial charge in [0.2, 0.25) is 0 Å². The van der Waals surface area contributed by atoms with Gasteiger partial charge in [-0.25, -0.2) is 4.98 Å². The van der Waals surface area contributed by atoms with Gasteiger partial charge in [0.1, 0.15) is 5.82 Å². The Morgan fingerprint density at radius 1 is 1.35 bits per heavy atom. The van der Waals surface area contributed by atoms with Crippen LogP contribution in [0.4, 0.5) is 0 Å². The molecule has 1 N–H and O–H groups in total. The van der Waals surface area contributed by atoms with Gasteiger partial charge in [0.05, 0.1) is 22.5 Å². The largest absolute Gasteiger partial charge is 0.381 e. The maximum Gasteiger partial charge on any atom is 0.110 e. The zero-order chi connectivity index (χ0) is 14.2. The second kappa shape index (κ2) is 4.92. The molecule has 1 aromatic heterocycles. The standard InChI is InChI=1S/C16H19N3O/c1-16(2,10-17)12-3-4-13-14(9-12)19-15(18-13)11-5-7-20-8-6-11/h3-4,9,11H,5-8H2,1-2H3,(H,18,19). The molecule has 4 heteroatoms. The Hall–Kier alpha value is -1.86. The highest BCUT2D eigenvalue weighted by Crippen LogP contribution is 2.29. The Morgan fingerprint density at radius 3 is 2.80 bits per heavy atom. The van der Waals surface area contributed by atoms with E-state index in [0.717, 1.165) is 48.5 Å². The molecule has 0 radical (unpaired) electrons. The summed E-state index contributed by atoms with van der Waals surface area (Å²) >= 11 is 0. The number of ether oxygens (including phenoxy) is 1. The maximum atomic E-state index is 9.24. The lowest BCUT2D eigenvalue weighted by molar-refractivity contribution is 0.0838. The summed E-state index contributed by atoms with van der Waals surface area (Å²) in [6.45, 7) is 5.50. The van der Waals surface area contributed by atoms with Crippen LogP contribution >= 0.6 is 0 Å². The number of hydrogen-bond acceptors (Lipinski definition) is 3. The molecule has 104 valence electrons. The molecule has 0 atom stereocenters. The maximum absolute atomic E-state index is 9.24. The number of nitrogens with zero attached hydrogens (tertiary/aromatic N) is 2. The summed E-state index contributed by atoms with van der Waals surface area (Å²) in [5.74, 6) is 1.51. The Labute approximate surface area is 118 Å².